The number of methoxy groups -OCH3 is 1. The summed E-state index contributed by atoms with van der Waals surface area (Å²) in [6.45, 7) is 2.23. The molecule has 0 saturated carbocycles. The Morgan fingerprint density at radius 3 is 2.63 bits per heavy atom. The number of nitriles is 1. The number of guanidine groups is 1. The average molecular weight is 260 g/mol. The van der Waals surface area contributed by atoms with E-state index in [2.05, 4.69) is 21.7 Å². The molecular weight excluding hydrogens is 240 g/mol. The Kier molecular flexibility index (Phi) is 7.06. The SMILES string of the molecule is CN=C(NCCCOC)NCc1ccc(C#N)cc1. The fraction of sp³-hybridized carbons (Fsp3) is 0.429. The van der Waals surface area contributed by atoms with Crippen LogP contribution in [0.5, 0.6) is 0 Å². The van der Waals surface area contributed by atoms with Crippen LogP contribution in [-0.4, -0.2) is 33.3 Å². The Labute approximate surface area is 114 Å². The molecule has 0 amide bonds. The molecule has 102 valence electrons. The molecule has 5 heteroatoms. The van der Waals surface area contributed by atoms with E-state index in [-0.39, 0.29) is 0 Å². The zero-order valence-electron chi connectivity index (χ0n) is 11.4. The highest BCUT2D eigenvalue weighted by atomic mass is 16.5. The molecule has 0 spiro atoms. The van der Waals surface area contributed by atoms with Crippen molar-refractivity contribution in [2.24, 2.45) is 4.99 Å². The largest absolute Gasteiger partial charge is 0.385 e. The van der Waals surface area contributed by atoms with Crippen LogP contribution in [0.25, 0.3) is 0 Å². The predicted octanol–water partition coefficient (Wildman–Crippen LogP) is 1.26. The van der Waals surface area contributed by atoms with Gasteiger partial charge in [-0.3, -0.25) is 4.99 Å². The van der Waals surface area contributed by atoms with Gasteiger partial charge in [0.2, 0.25) is 0 Å². The lowest BCUT2D eigenvalue weighted by atomic mass is 10.1. The monoisotopic (exact) mass is 260 g/mol. The fourth-order valence-electron chi connectivity index (χ4n) is 1.53. The minimum Gasteiger partial charge on any atom is -0.385 e. The maximum atomic E-state index is 8.72. The molecule has 0 aromatic heterocycles. The third-order valence-corrected chi connectivity index (χ3v) is 2.58. The summed E-state index contributed by atoms with van der Waals surface area (Å²) in [5.74, 6) is 0.764. The van der Waals surface area contributed by atoms with Crippen molar-refractivity contribution in [3.63, 3.8) is 0 Å². The summed E-state index contributed by atoms with van der Waals surface area (Å²) in [5, 5.41) is 15.1. The molecule has 1 aromatic carbocycles. The maximum absolute atomic E-state index is 8.72. The molecule has 19 heavy (non-hydrogen) atoms. The molecule has 0 radical (unpaired) electrons. The Balaban J connectivity index is 2.34. The summed E-state index contributed by atoms with van der Waals surface area (Å²) >= 11 is 0. The quantitative estimate of drug-likeness (QED) is 0.459. The van der Waals surface area contributed by atoms with Gasteiger partial charge < -0.3 is 15.4 Å². The molecule has 0 heterocycles. The van der Waals surface area contributed by atoms with Gasteiger partial charge in [-0.25, -0.2) is 0 Å². The first-order valence-electron chi connectivity index (χ1n) is 6.22. The highest BCUT2D eigenvalue weighted by molar-refractivity contribution is 5.79. The van der Waals surface area contributed by atoms with Crippen LogP contribution in [0.15, 0.2) is 29.3 Å². The van der Waals surface area contributed by atoms with E-state index in [9.17, 15) is 0 Å². The van der Waals surface area contributed by atoms with Crippen LogP contribution in [0.1, 0.15) is 17.5 Å². The second-order valence-corrected chi connectivity index (χ2v) is 4.01. The normalized spacial score (nSPS) is 10.9. The second-order valence-electron chi connectivity index (χ2n) is 4.01. The third-order valence-electron chi connectivity index (χ3n) is 2.58. The lowest BCUT2D eigenvalue weighted by Crippen LogP contribution is -2.37. The first kappa shape index (κ1) is 15.0. The standard InChI is InChI=1S/C14H20N4O/c1-16-14(17-8-3-9-19-2)18-11-13-6-4-12(10-15)5-7-13/h4-7H,3,8-9,11H2,1-2H3,(H2,16,17,18). The van der Waals surface area contributed by atoms with Gasteiger partial charge in [-0.15, -0.1) is 0 Å². The smallest absolute Gasteiger partial charge is 0.191 e. The summed E-state index contributed by atoms with van der Waals surface area (Å²) in [4.78, 5) is 4.14. The van der Waals surface area contributed by atoms with Crippen molar-refractivity contribution in [3.05, 3.63) is 35.4 Å². The lowest BCUT2D eigenvalue weighted by molar-refractivity contribution is 0.195. The maximum Gasteiger partial charge on any atom is 0.191 e. The van der Waals surface area contributed by atoms with Gasteiger partial charge in [0.05, 0.1) is 11.6 Å². The van der Waals surface area contributed by atoms with E-state index in [0.29, 0.717) is 12.1 Å². The van der Waals surface area contributed by atoms with Crippen molar-refractivity contribution >= 4 is 5.96 Å². The van der Waals surface area contributed by atoms with Gasteiger partial charge in [0.15, 0.2) is 5.96 Å². The molecule has 0 atom stereocenters. The Bertz CT molecular complexity index is 434. The van der Waals surface area contributed by atoms with Crippen LogP contribution in [0.3, 0.4) is 0 Å². The van der Waals surface area contributed by atoms with Crippen LogP contribution in [0.2, 0.25) is 0 Å². The number of benzene rings is 1. The topological polar surface area (TPSA) is 69.4 Å². The highest BCUT2D eigenvalue weighted by Crippen LogP contribution is 2.02. The van der Waals surface area contributed by atoms with Gasteiger partial charge >= 0.3 is 0 Å². The van der Waals surface area contributed by atoms with Crippen LogP contribution >= 0.6 is 0 Å². The van der Waals surface area contributed by atoms with Crippen molar-refractivity contribution in [3.8, 4) is 6.07 Å². The first-order valence-corrected chi connectivity index (χ1v) is 6.22. The van der Waals surface area contributed by atoms with Crippen molar-refractivity contribution in [1.82, 2.24) is 10.6 Å². The minimum absolute atomic E-state index is 0.672. The predicted molar refractivity (Wildman–Crippen MR) is 75.9 cm³/mol. The van der Waals surface area contributed by atoms with Gasteiger partial charge in [0.1, 0.15) is 0 Å². The molecule has 0 aliphatic heterocycles. The van der Waals surface area contributed by atoms with Crippen LogP contribution < -0.4 is 10.6 Å². The van der Waals surface area contributed by atoms with E-state index < -0.39 is 0 Å². The fourth-order valence-corrected chi connectivity index (χ4v) is 1.53. The number of nitrogens with one attached hydrogen (secondary N) is 2. The number of aliphatic imine (C=N–C) groups is 1. The Morgan fingerprint density at radius 1 is 1.32 bits per heavy atom. The van der Waals surface area contributed by atoms with Crippen molar-refractivity contribution < 1.29 is 4.74 Å². The second kappa shape index (κ2) is 8.95. The lowest BCUT2D eigenvalue weighted by Gasteiger charge is -2.11. The number of ether oxygens (including phenoxy) is 1. The Morgan fingerprint density at radius 2 is 2.05 bits per heavy atom. The van der Waals surface area contributed by atoms with E-state index in [1.54, 1.807) is 14.2 Å². The van der Waals surface area contributed by atoms with Crippen LogP contribution in [-0.2, 0) is 11.3 Å². The summed E-state index contributed by atoms with van der Waals surface area (Å²) < 4.78 is 4.98. The Hall–Kier alpha value is -2.06. The highest BCUT2D eigenvalue weighted by Gasteiger charge is 1.98. The molecule has 2 N–H and O–H groups in total. The molecule has 5 nitrogen and oxygen atoms in total. The first-order chi connectivity index (χ1) is 9.30. The van der Waals surface area contributed by atoms with E-state index in [4.69, 9.17) is 10.00 Å². The van der Waals surface area contributed by atoms with Crippen LogP contribution in [0, 0.1) is 11.3 Å². The van der Waals surface area contributed by atoms with Gasteiger partial charge in [-0.05, 0) is 24.1 Å². The minimum atomic E-state index is 0.672. The van der Waals surface area contributed by atoms with Gasteiger partial charge in [0.25, 0.3) is 0 Å². The van der Waals surface area contributed by atoms with Gasteiger partial charge in [-0.1, -0.05) is 12.1 Å². The zero-order chi connectivity index (χ0) is 13.9. The number of hydrogen-bond acceptors (Lipinski definition) is 3. The van der Waals surface area contributed by atoms with Crippen molar-refractivity contribution in [1.29, 1.82) is 5.26 Å². The number of rotatable bonds is 6. The van der Waals surface area contributed by atoms with Gasteiger partial charge in [-0.2, -0.15) is 5.26 Å². The molecular formula is C14H20N4O. The van der Waals surface area contributed by atoms with E-state index in [1.165, 1.54) is 0 Å². The summed E-state index contributed by atoms with van der Waals surface area (Å²) in [6.07, 6.45) is 0.939. The van der Waals surface area contributed by atoms with E-state index in [1.807, 2.05) is 24.3 Å². The third kappa shape index (κ3) is 5.89. The molecule has 0 fully saturated rings. The van der Waals surface area contributed by atoms with Crippen LogP contribution in [0.4, 0.5) is 0 Å². The molecule has 1 aromatic rings. The molecule has 0 aliphatic carbocycles. The van der Waals surface area contributed by atoms with Crippen molar-refractivity contribution in [2.45, 2.75) is 13.0 Å². The average Bonchev–Trinajstić information content (AvgIpc) is 2.47. The number of hydrogen-bond donors (Lipinski definition) is 2. The molecule has 1 rings (SSSR count). The summed E-state index contributed by atoms with van der Waals surface area (Å²) in [5.41, 5.74) is 1.78. The van der Waals surface area contributed by atoms with Gasteiger partial charge in [0, 0.05) is 33.9 Å². The van der Waals surface area contributed by atoms with Crippen molar-refractivity contribution in [2.75, 3.05) is 27.3 Å². The molecule has 0 bridgehead atoms. The summed E-state index contributed by atoms with van der Waals surface area (Å²) in [7, 11) is 3.43. The van der Waals surface area contributed by atoms with E-state index >= 15 is 0 Å². The molecule has 0 saturated heterocycles. The summed E-state index contributed by atoms with van der Waals surface area (Å²) in [6, 6.07) is 9.59. The molecule has 0 unspecified atom stereocenters. The number of nitrogens with zero attached hydrogens (tertiary/aromatic N) is 2. The zero-order valence-corrected chi connectivity index (χ0v) is 11.4. The molecule has 0 aliphatic rings. The van der Waals surface area contributed by atoms with E-state index in [0.717, 1.165) is 31.1 Å².